The molecule has 22 heavy (non-hydrogen) atoms. The van der Waals surface area contributed by atoms with Crippen molar-refractivity contribution in [1.29, 1.82) is 0 Å². The first kappa shape index (κ1) is 16.5. The molecule has 0 aliphatic carbocycles. The highest BCUT2D eigenvalue weighted by Crippen LogP contribution is 2.22. The molecule has 1 N–H and O–H groups in total. The molecular weight excluding hydrogens is 286 g/mol. The molecule has 1 fully saturated rings. The highest BCUT2D eigenvalue weighted by atomic mass is 16.5. The summed E-state index contributed by atoms with van der Waals surface area (Å²) < 4.78 is 10.4. The average Bonchev–Trinajstić information content (AvgIpc) is 2.89. The highest BCUT2D eigenvalue weighted by Gasteiger charge is 2.27. The van der Waals surface area contributed by atoms with Gasteiger partial charge >= 0.3 is 0 Å². The lowest BCUT2D eigenvalue weighted by molar-refractivity contribution is -0.136. The van der Waals surface area contributed by atoms with E-state index in [9.17, 15) is 9.59 Å². The summed E-state index contributed by atoms with van der Waals surface area (Å²) in [6.07, 6.45) is 0. The molecule has 0 spiro atoms. The van der Waals surface area contributed by atoms with Gasteiger partial charge in [0.05, 0.1) is 18.9 Å². The van der Waals surface area contributed by atoms with Crippen molar-refractivity contribution in [2.24, 2.45) is 0 Å². The van der Waals surface area contributed by atoms with Gasteiger partial charge in [-0.05, 0) is 13.8 Å². The number of morpholine rings is 1. The van der Waals surface area contributed by atoms with Crippen LogP contribution in [0.15, 0.2) is 4.52 Å². The van der Waals surface area contributed by atoms with E-state index in [0.717, 1.165) is 0 Å². The Kier molecular flexibility index (Phi) is 5.18. The number of amides is 2. The monoisotopic (exact) mass is 309 g/mol. The van der Waals surface area contributed by atoms with Gasteiger partial charge in [-0.3, -0.25) is 9.59 Å². The summed E-state index contributed by atoms with van der Waals surface area (Å²) >= 11 is 0. The molecule has 1 aromatic rings. The number of aromatic nitrogens is 1. The van der Waals surface area contributed by atoms with Crippen LogP contribution in [-0.4, -0.2) is 54.2 Å². The van der Waals surface area contributed by atoms with E-state index < -0.39 is 6.04 Å². The third-order valence-electron chi connectivity index (χ3n) is 3.68. The molecular formula is C15H23N3O4. The first-order chi connectivity index (χ1) is 10.4. The predicted molar refractivity (Wildman–Crippen MR) is 79.7 cm³/mol. The van der Waals surface area contributed by atoms with Gasteiger partial charge in [-0.25, -0.2) is 0 Å². The Hall–Kier alpha value is -1.89. The van der Waals surface area contributed by atoms with Gasteiger partial charge in [-0.15, -0.1) is 0 Å². The second-order valence-electron chi connectivity index (χ2n) is 5.79. The molecule has 2 rings (SSSR count). The van der Waals surface area contributed by atoms with Crippen LogP contribution >= 0.6 is 0 Å². The van der Waals surface area contributed by atoms with Crippen LogP contribution in [0.3, 0.4) is 0 Å². The second kappa shape index (κ2) is 6.91. The van der Waals surface area contributed by atoms with Crippen molar-refractivity contribution >= 4 is 11.8 Å². The Morgan fingerprint density at radius 2 is 1.86 bits per heavy atom. The van der Waals surface area contributed by atoms with Crippen LogP contribution in [0.5, 0.6) is 0 Å². The minimum absolute atomic E-state index is 0.0483. The Labute approximate surface area is 130 Å². The number of nitrogens with one attached hydrogen (secondary N) is 1. The number of nitrogens with zero attached hydrogens (tertiary/aromatic N) is 2. The van der Waals surface area contributed by atoms with Crippen LogP contribution in [0, 0.1) is 6.92 Å². The molecule has 2 heterocycles. The minimum Gasteiger partial charge on any atom is -0.378 e. The topological polar surface area (TPSA) is 84.7 Å². The lowest BCUT2D eigenvalue weighted by Gasteiger charge is -2.29. The fraction of sp³-hybridized carbons (Fsp3) is 0.667. The van der Waals surface area contributed by atoms with Gasteiger partial charge in [0.2, 0.25) is 5.91 Å². The summed E-state index contributed by atoms with van der Waals surface area (Å²) in [4.78, 5) is 26.5. The van der Waals surface area contributed by atoms with Crippen LogP contribution in [-0.2, 0) is 9.53 Å². The number of aryl methyl sites for hydroxylation is 1. The number of hydrogen-bond donors (Lipinski definition) is 1. The summed E-state index contributed by atoms with van der Waals surface area (Å²) in [5.74, 6) is 0.168. The maximum atomic E-state index is 12.4. The number of rotatable bonds is 4. The molecule has 2 amide bonds. The molecule has 1 saturated heterocycles. The van der Waals surface area contributed by atoms with Crippen LogP contribution in [0.2, 0.25) is 0 Å². The lowest BCUT2D eigenvalue weighted by atomic mass is 10.0. The quantitative estimate of drug-likeness (QED) is 0.899. The molecule has 7 heteroatoms. The van der Waals surface area contributed by atoms with Crippen molar-refractivity contribution in [3.05, 3.63) is 17.0 Å². The van der Waals surface area contributed by atoms with Gasteiger partial charge < -0.3 is 19.5 Å². The Morgan fingerprint density at radius 1 is 1.23 bits per heavy atom. The summed E-state index contributed by atoms with van der Waals surface area (Å²) in [6, 6.07) is -0.597. The molecule has 1 atom stereocenters. The number of ether oxygens (including phenoxy) is 1. The summed E-state index contributed by atoms with van der Waals surface area (Å²) in [5.41, 5.74) is 0.962. The normalized spacial score (nSPS) is 16.7. The summed E-state index contributed by atoms with van der Waals surface area (Å²) in [5, 5.41) is 6.60. The highest BCUT2D eigenvalue weighted by molar-refractivity contribution is 5.99. The zero-order chi connectivity index (χ0) is 16.3. The number of carbonyl (C=O) groups excluding carboxylic acids is 2. The zero-order valence-corrected chi connectivity index (χ0v) is 13.5. The van der Waals surface area contributed by atoms with Gasteiger partial charge in [0.15, 0.2) is 5.76 Å². The van der Waals surface area contributed by atoms with E-state index in [-0.39, 0.29) is 17.7 Å². The maximum Gasteiger partial charge on any atom is 0.257 e. The summed E-state index contributed by atoms with van der Waals surface area (Å²) in [7, 11) is 0. The van der Waals surface area contributed by atoms with Crippen molar-refractivity contribution in [2.75, 3.05) is 26.3 Å². The van der Waals surface area contributed by atoms with Gasteiger partial charge in [-0.2, -0.15) is 0 Å². The lowest BCUT2D eigenvalue weighted by Crippen LogP contribution is -2.50. The van der Waals surface area contributed by atoms with Crippen molar-refractivity contribution in [2.45, 2.75) is 39.7 Å². The van der Waals surface area contributed by atoms with E-state index in [0.29, 0.717) is 43.3 Å². The third-order valence-corrected chi connectivity index (χ3v) is 3.68. The van der Waals surface area contributed by atoms with E-state index >= 15 is 0 Å². The van der Waals surface area contributed by atoms with Crippen molar-refractivity contribution in [3.63, 3.8) is 0 Å². The molecule has 0 unspecified atom stereocenters. The van der Waals surface area contributed by atoms with Crippen molar-refractivity contribution < 1.29 is 18.8 Å². The third kappa shape index (κ3) is 3.47. The first-order valence-corrected chi connectivity index (χ1v) is 7.55. The molecule has 7 nitrogen and oxygen atoms in total. The Morgan fingerprint density at radius 3 is 2.45 bits per heavy atom. The van der Waals surface area contributed by atoms with E-state index in [4.69, 9.17) is 9.26 Å². The van der Waals surface area contributed by atoms with E-state index in [1.165, 1.54) is 0 Å². The average molecular weight is 309 g/mol. The van der Waals surface area contributed by atoms with Crippen LogP contribution in [0.25, 0.3) is 0 Å². The molecule has 0 aromatic carbocycles. The van der Waals surface area contributed by atoms with Crippen LogP contribution in [0.4, 0.5) is 0 Å². The van der Waals surface area contributed by atoms with Gasteiger partial charge in [0.1, 0.15) is 11.6 Å². The van der Waals surface area contributed by atoms with Crippen LogP contribution < -0.4 is 5.32 Å². The SMILES string of the molecule is Cc1noc(C(C)C)c1C(=O)N[C@@H](C)C(=O)N1CCOCC1. The second-order valence-corrected chi connectivity index (χ2v) is 5.79. The molecule has 0 saturated carbocycles. The molecule has 0 bridgehead atoms. The predicted octanol–water partition coefficient (Wildman–Crippen LogP) is 1.08. The smallest absolute Gasteiger partial charge is 0.257 e. The van der Waals surface area contributed by atoms with Gasteiger partial charge in [-0.1, -0.05) is 19.0 Å². The maximum absolute atomic E-state index is 12.4. The molecule has 1 aromatic heterocycles. The molecule has 0 radical (unpaired) electrons. The fourth-order valence-corrected chi connectivity index (χ4v) is 2.45. The van der Waals surface area contributed by atoms with Gasteiger partial charge in [0, 0.05) is 19.0 Å². The Balaban J connectivity index is 2.05. The van der Waals surface area contributed by atoms with Gasteiger partial charge in [0.25, 0.3) is 5.91 Å². The van der Waals surface area contributed by atoms with E-state index in [2.05, 4.69) is 10.5 Å². The fourth-order valence-electron chi connectivity index (χ4n) is 2.45. The minimum atomic E-state index is -0.597. The van der Waals surface area contributed by atoms with Crippen molar-refractivity contribution in [1.82, 2.24) is 15.4 Å². The largest absolute Gasteiger partial charge is 0.378 e. The number of hydrogen-bond acceptors (Lipinski definition) is 5. The van der Waals surface area contributed by atoms with E-state index in [1.54, 1.807) is 18.7 Å². The van der Waals surface area contributed by atoms with Crippen LogP contribution in [0.1, 0.15) is 48.5 Å². The molecule has 122 valence electrons. The molecule has 1 aliphatic heterocycles. The number of carbonyl (C=O) groups is 2. The first-order valence-electron chi connectivity index (χ1n) is 7.55. The van der Waals surface area contributed by atoms with E-state index in [1.807, 2.05) is 13.8 Å². The Bertz CT molecular complexity index is 547. The zero-order valence-electron chi connectivity index (χ0n) is 13.5. The van der Waals surface area contributed by atoms with Crippen molar-refractivity contribution in [3.8, 4) is 0 Å². The summed E-state index contributed by atoms with van der Waals surface area (Å²) in [6.45, 7) is 9.46. The molecule has 1 aliphatic rings. The standard InChI is InChI=1S/C15H23N3O4/c1-9(2)13-12(10(3)17-22-13)14(19)16-11(4)15(20)18-5-7-21-8-6-18/h9,11H,5-8H2,1-4H3,(H,16,19)/t11-/m0/s1.